The van der Waals surface area contributed by atoms with Crippen LogP contribution < -0.4 is 5.73 Å². The van der Waals surface area contributed by atoms with Gasteiger partial charge in [0, 0.05) is 25.3 Å². The zero-order valence-corrected chi connectivity index (χ0v) is 11.2. The van der Waals surface area contributed by atoms with Gasteiger partial charge in [-0.2, -0.15) is 0 Å². The third kappa shape index (κ3) is 4.19. The Morgan fingerprint density at radius 1 is 1.29 bits per heavy atom. The summed E-state index contributed by atoms with van der Waals surface area (Å²) < 4.78 is 5.71. The summed E-state index contributed by atoms with van der Waals surface area (Å²) in [4.78, 5) is 2.42. The van der Waals surface area contributed by atoms with Gasteiger partial charge in [-0.25, -0.2) is 0 Å². The molecule has 0 aliphatic carbocycles. The second kappa shape index (κ2) is 6.24. The Hall–Kier alpha value is -0.770. The van der Waals surface area contributed by atoms with E-state index < -0.39 is 0 Å². The fourth-order valence-corrected chi connectivity index (χ4v) is 2.36. The maximum absolute atomic E-state index is 5.78. The maximum atomic E-state index is 5.78. The molecule has 1 aliphatic rings. The van der Waals surface area contributed by atoms with Crippen LogP contribution in [0.4, 0.5) is 5.69 Å². The van der Waals surface area contributed by atoms with E-state index in [9.17, 15) is 0 Å². The minimum atomic E-state index is 0. The number of nitrogens with two attached hydrogens (primary N) is 1. The molecule has 17 heavy (non-hydrogen) atoms. The number of hydrogen-bond acceptors (Lipinski definition) is 3. The van der Waals surface area contributed by atoms with E-state index in [0.717, 1.165) is 25.3 Å². The lowest BCUT2D eigenvalue weighted by molar-refractivity contribution is -0.0704. The number of nitrogen functional groups attached to an aromatic ring is 1. The summed E-state index contributed by atoms with van der Waals surface area (Å²) in [5.41, 5.74) is 7.89. The lowest BCUT2D eigenvalue weighted by Gasteiger charge is -2.35. The van der Waals surface area contributed by atoms with Crippen LogP contribution in [0.25, 0.3) is 0 Å². The first-order valence-electron chi connectivity index (χ1n) is 5.85. The number of morpholine rings is 1. The molecule has 1 aromatic rings. The van der Waals surface area contributed by atoms with Crippen LogP contribution >= 0.6 is 12.4 Å². The second-order valence-electron chi connectivity index (χ2n) is 4.70. The molecular formula is C13H21ClN2O. The van der Waals surface area contributed by atoms with E-state index in [-0.39, 0.29) is 12.4 Å². The highest BCUT2D eigenvalue weighted by Gasteiger charge is 2.21. The highest BCUT2D eigenvalue weighted by Crippen LogP contribution is 2.15. The molecule has 0 bridgehead atoms. The predicted molar refractivity (Wildman–Crippen MR) is 73.4 cm³/mol. The largest absolute Gasteiger partial charge is 0.399 e. The number of hydrogen-bond donors (Lipinski definition) is 1. The SMILES string of the molecule is CC1CN(Cc2cccc(N)c2)CC(C)O1.Cl. The van der Waals surface area contributed by atoms with Gasteiger partial charge in [0.2, 0.25) is 0 Å². The van der Waals surface area contributed by atoms with Crippen molar-refractivity contribution < 1.29 is 4.74 Å². The number of benzene rings is 1. The van der Waals surface area contributed by atoms with Gasteiger partial charge in [0.25, 0.3) is 0 Å². The summed E-state index contributed by atoms with van der Waals surface area (Å²) in [5, 5.41) is 0. The summed E-state index contributed by atoms with van der Waals surface area (Å²) in [7, 11) is 0. The Balaban J connectivity index is 0.00000144. The third-order valence-electron chi connectivity index (χ3n) is 2.85. The van der Waals surface area contributed by atoms with Gasteiger partial charge in [-0.3, -0.25) is 4.90 Å². The van der Waals surface area contributed by atoms with Crippen LogP contribution in [-0.2, 0) is 11.3 Å². The number of rotatable bonds is 2. The zero-order chi connectivity index (χ0) is 11.5. The first kappa shape index (κ1) is 14.3. The molecule has 0 radical (unpaired) electrons. The van der Waals surface area contributed by atoms with E-state index in [1.807, 2.05) is 18.2 Å². The molecule has 1 fully saturated rings. The molecule has 2 N–H and O–H groups in total. The molecule has 2 rings (SSSR count). The predicted octanol–water partition coefficient (Wildman–Crippen LogP) is 2.30. The molecule has 3 nitrogen and oxygen atoms in total. The molecule has 0 saturated carbocycles. The van der Waals surface area contributed by atoms with E-state index in [1.165, 1.54) is 5.56 Å². The van der Waals surface area contributed by atoms with E-state index in [2.05, 4.69) is 24.8 Å². The summed E-state index contributed by atoms with van der Waals surface area (Å²) in [6.07, 6.45) is 0.648. The molecule has 0 aromatic heterocycles. The lowest BCUT2D eigenvalue weighted by Crippen LogP contribution is -2.44. The molecule has 1 aliphatic heterocycles. The highest BCUT2D eigenvalue weighted by atomic mass is 35.5. The van der Waals surface area contributed by atoms with Crippen molar-refractivity contribution in [2.75, 3.05) is 18.8 Å². The Bertz CT molecular complexity index is 349. The molecule has 1 saturated heterocycles. The average Bonchev–Trinajstić information content (AvgIpc) is 2.15. The maximum Gasteiger partial charge on any atom is 0.0678 e. The summed E-state index contributed by atoms with van der Waals surface area (Å²) in [5.74, 6) is 0. The van der Waals surface area contributed by atoms with Gasteiger partial charge < -0.3 is 10.5 Å². The monoisotopic (exact) mass is 256 g/mol. The Morgan fingerprint density at radius 3 is 2.53 bits per heavy atom. The van der Waals surface area contributed by atoms with E-state index in [1.54, 1.807) is 0 Å². The standard InChI is InChI=1S/C13H20N2O.ClH/c1-10-7-15(8-11(2)16-10)9-12-4-3-5-13(14)6-12;/h3-6,10-11H,7-9,14H2,1-2H3;1H. The normalized spacial score (nSPS) is 25.3. The van der Waals surface area contributed by atoms with E-state index in [4.69, 9.17) is 10.5 Å². The summed E-state index contributed by atoms with van der Waals surface area (Å²) in [6.45, 7) is 7.21. The summed E-state index contributed by atoms with van der Waals surface area (Å²) in [6, 6.07) is 8.11. The van der Waals surface area contributed by atoms with Crippen molar-refractivity contribution in [2.45, 2.75) is 32.6 Å². The van der Waals surface area contributed by atoms with Crippen molar-refractivity contribution >= 4 is 18.1 Å². The van der Waals surface area contributed by atoms with Crippen LogP contribution in [0.3, 0.4) is 0 Å². The first-order valence-corrected chi connectivity index (χ1v) is 5.85. The van der Waals surface area contributed by atoms with Crippen molar-refractivity contribution in [3.63, 3.8) is 0 Å². The van der Waals surface area contributed by atoms with Crippen LogP contribution in [-0.4, -0.2) is 30.2 Å². The van der Waals surface area contributed by atoms with Gasteiger partial charge in [-0.1, -0.05) is 12.1 Å². The van der Waals surface area contributed by atoms with Crippen LogP contribution in [0.2, 0.25) is 0 Å². The fraction of sp³-hybridized carbons (Fsp3) is 0.538. The Morgan fingerprint density at radius 2 is 1.94 bits per heavy atom. The van der Waals surface area contributed by atoms with Crippen LogP contribution in [0.15, 0.2) is 24.3 Å². The average molecular weight is 257 g/mol. The molecule has 96 valence electrons. The summed E-state index contributed by atoms with van der Waals surface area (Å²) >= 11 is 0. The smallest absolute Gasteiger partial charge is 0.0678 e. The van der Waals surface area contributed by atoms with Crippen LogP contribution in [0.1, 0.15) is 19.4 Å². The van der Waals surface area contributed by atoms with Crippen molar-refractivity contribution in [2.24, 2.45) is 0 Å². The first-order chi connectivity index (χ1) is 7.63. The van der Waals surface area contributed by atoms with Gasteiger partial charge in [-0.05, 0) is 31.5 Å². The number of ether oxygens (including phenoxy) is 1. The number of halogens is 1. The quantitative estimate of drug-likeness (QED) is 0.826. The Labute approximate surface area is 109 Å². The van der Waals surface area contributed by atoms with E-state index in [0.29, 0.717) is 12.2 Å². The minimum absolute atomic E-state index is 0. The van der Waals surface area contributed by atoms with Crippen LogP contribution in [0.5, 0.6) is 0 Å². The molecular weight excluding hydrogens is 236 g/mol. The van der Waals surface area contributed by atoms with Crippen LogP contribution in [0, 0.1) is 0 Å². The second-order valence-corrected chi connectivity index (χ2v) is 4.70. The van der Waals surface area contributed by atoms with Crippen molar-refractivity contribution in [3.8, 4) is 0 Å². The molecule has 0 amide bonds. The zero-order valence-electron chi connectivity index (χ0n) is 10.4. The number of nitrogens with zero attached hydrogens (tertiary/aromatic N) is 1. The molecule has 0 spiro atoms. The van der Waals surface area contributed by atoms with Gasteiger partial charge >= 0.3 is 0 Å². The van der Waals surface area contributed by atoms with Gasteiger partial charge in [-0.15, -0.1) is 12.4 Å². The fourth-order valence-electron chi connectivity index (χ4n) is 2.36. The molecule has 1 aromatic carbocycles. The van der Waals surface area contributed by atoms with Crippen molar-refractivity contribution in [1.82, 2.24) is 4.90 Å². The molecule has 4 heteroatoms. The topological polar surface area (TPSA) is 38.5 Å². The van der Waals surface area contributed by atoms with Crippen molar-refractivity contribution in [1.29, 1.82) is 0 Å². The minimum Gasteiger partial charge on any atom is -0.399 e. The number of anilines is 1. The van der Waals surface area contributed by atoms with Crippen molar-refractivity contribution in [3.05, 3.63) is 29.8 Å². The Kier molecular flexibility index (Phi) is 5.25. The lowest BCUT2D eigenvalue weighted by atomic mass is 10.1. The van der Waals surface area contributed by atoms with E-state index >= 15 is 0 Å². The third-order valence-corrected chi connectivity index (χ3v) is 2.85. The highest BCUT2D eigenvalue weighted by molar-refractivity contribution is 5.85. The molecule has 2 atom stereocenters. The van der Waals surface area contributed by atoms with Gasteiger partial charge in [0.15, 0.2) is 0 Å². The van der Waals surface area contributed by atoms with Gasteiger partial charge in [0.05, 0.1) is 12.2 Å². The molecule has 1 heterocycles. The molecule has 2 unspecified atom stereocenters. The van der Waals surface area contributed by atoms with Gasteiger partial charge in [0.1, 0.15) is 0 Å².